The maximum Gasteiger partial charge on any atom is 0.264 e. The Morgan fingerprint density at radius 3 is 2.71 bits per heavy atom. The first-order valence-corrected chi connectivity index (χ1v) is 10.0. The summed E-state index contributed by atoms with van der Waals surface area (Å²) in [7, 11) is 1.52. The SMILES string of the molecule is COc1ccccc1C(=O)NCCn1ncc2c(=O)n(Cc3ccc(Cl)cc3)cnc21. The third-order valence-corrected chi connectivity index (χ3v) is 5.10. The van der Waals surface area contributed by atoms with E-state index in [9.17, 15) is 9.59 Å². The molecule has 2 aromatic carbocycles. The van der Waals surface area contributed by atoms with Crippen molar-refractivity contribution < 1.29 is 9.53 Å². The zero-order chi connectivity index (χ0) is 21.8. The maximum atomic E-state index is 12.8. The Kier molecular flexibility index (Phi) is 5.99. The van der Waals surface area contributed by atoms with Gasteiger partial charge in [-0.15, -0.1) is 0 Å². The number of fused-ring (bicyclic) bond motifs is 1. The molecule has 158 valence electrons. The number of nitrogens with zero attached hydrogens (tertiary/aromatic N) is 4. The number of rotatable bonds is 7. The highest BCUT2D eigenvalue weighted by Gasteiger charge is 2.13. The summed E-state index contributed by atoms with van der Waals surface area (Å²) in [5.74, 6) is 0.264. The van der Waals surface area contributed by atoms with E-state index in [1.165, 1.54) is 24.2 Å². The molecular formula is C22H20ClN5O3. The topological polar surface area (TPSA) is 91.0 Å². The summed E-state index contributed by atoms with van der Waals surface area (Å²) in [6.45, 7) is 1.08. The Bertz CT molecular complexity index is 1280. The predicted molar refractivity (Wildman–Crippen MR) is 118 cm³/mol. The number of carbonyl (C=O) groups excluding carboxylic acids is 1. The molecule has 4 aromatic rings. The van der Waals surface area contributed by atoms with Crippen molar-refractivity contribution in [3.05, 3.63) is 87.6 Å². The molecule has 0 aliphatic rings. The number of carbonyl (C=O) groups is 1. The van der Waals surface area contributed by atoms with E-state index in [1.807, 2.05) is 12.1 Å². The van der Waals surface area contributed by atoms with Crippen LogP contribution in [0.5, 0.6) is 5.75 Å². The highest BCUT2D eigenvalue weighted by Crippen LogP contribution is 2.16. The Hall–Kier alpha value is -3.65. The molecule has 31 heavy (non-hydrogen) atoms. The molecule has 0 saturated heterocycles. The van der Waals surface area contributed by atoms with E-state index in [2.05, 4.69) is 15.4 Å². The average Bonchev–Trinajstić information content (AvgIpc) is 3.20. The van der Waals surface area contributed by atoms with Gasteiger partial charge in [-0.1, -0.05) is 35.9 Å². The van der Waals surface area contributed by atoms with Crippen LogP contribution in [0.1, 0.15) is 15.9 Å². The molecule has 9 heteroatoms. The molecule has 0 aliphatic heterocycles. The zero-order valence-corrected chi connectivity index (χ0v) is 17.5. The molecule has 0 fully saturated rings. The molecule has 0 atom stereocenters. The molecule has 2 aromatic heterocycles. The predicted octanol–water partition coefficient (Wildman–Crippen LogP) is 2.73. The van der Waals surface area contributed by atoms with Crippen molar-refractivity contribution in [2.75, 3.05) is 13.7 Å². The number of benzene rings is 2. The van der Waals surface area contributed by atoms with E-state index < -0.39 is 0 Å². The molecule has 8 nitrogen and oxygen atoms in total. The van der Waals surface area contributed by atoms with Crippen molar-refractivity contribution in [2.45, 2.75) is 13.1 Å². The Morgan fingerprint density at radius 2 is 1.94 bits per heavy atom. The first kappa shape index (κ1) is 20.6. The minimum atomic E-state index is -0.243. The van der Waals surface area contributed by atoms with Crippen molar-refractivity contribution in [1.82, 2.24) is 24.6 Å². The molecule has 1 N–H and O–H groups in total. The van der Waals surface area contributed by atoms with E-state index in [1.54, 1.807) is 41.1 Å². The van der Waals surface area contributed by atoms with E-state index >= 15 is 0 Å². The second-order valence-electron chi connectivity index (χ2n) is 6.87. The molecule has 2 heterocycles. The van der Waals surface area contributed by atoms with Gasteiger partial charge < -0.3 is 10.1 Å². The largest absolute Gasteiger partial charge is 0.496 e. The average molecular weight is 438 g/mol. The number of aromatic nitrogens is 4. The van der Waals surface area contributed by atoms with Crippen molar-refractivity contribution in [2.24, 2.45) is 0 Å². The van der Waals surface area contributed by atoms with Gasteiger partial charge in [0, 0.05) is 11.6 Å². The van der Waals surface area contributed by atoms with Gasteiger partial charge in [0.05, 0.1) is 32.0 Å². The van der Waals surface area contributed by atoms with Crippen LogP contribution in [-0.2, 0) is 13.1 Å². The molecule has 0 unspecified atom stereocenters. The highest BCUT2D eigenvalue weighted by molar-refractivity contribution is 6.30. The molecule has 1 amide bonds. The molecule has 0 saturated carbocycles. The van der Waals surface area contributed by atoms with E-state index in [0.717, 1.165) is 5.56 Å². The number of ether oxygens (including phenoxy) is 1. The standard InChI is InChI=1S/C22H20ClN5O3/c1-31-19-5-3-2-4-17(19)21(29)24-10-11-28-20-18(12-26-28)22(30)27(14-25-20)13-15-6-8-16(23)9-7-15/h2-9,12,14H,10-11,13H2,1H3,(H,24,29). The number of hydrogen-bond acceptors (Lipinski definition) is 5. The van der Waals surface area contributed by atoms with E-state index in [4.69, 9.17) is 16.3 Å². The van der Waals surface area contributed by atoms with Gasteiger partial charge in [0.15, 0.2) is 5.65 Å². The van der Waals surface area contributed by atoms with E-state index in [0.29, 0.717) is 47.0 Å². The lowest BCUT2D eigenvalue weighted by atomic mass is 10.2. The van der Waals surface area contributed by atoms with Gasteiger partial charge in [-0.2, -0.15) is 5.10 Å². The van der Waals surface area contributed by atoms with Crippen molar-refractivity contribution in [3.8, 4) is 5.75 Å². The van der Waals surface area contributed by atoms with Crippen molar-refractivity contribution in [1.29, 1.82) is 0 Å². The molecule has 0 radical (unpaired) electrons. The third kappa shape index (κ3) is 4.44. The Morgan fingerprint density at radius 1 is 1.16 bits per heavy atom. The van der Waals surface area contributed by atoms with Crippen LogP contribution in [-0.4, -0.2) is 38.9 Å². The second kappa shape index (κ2) is 9.01. The quantitative estimate of drug-likeness (QED) is 0.480. The zero-order valence-electron chi connectivity index (χ0n) is 16.8. The smallest absolute Gasteiger partial charge is 0.264 e. The summed E-state index contributed by atoms with van der Waals surface area (Å²) in [6.07, 6.45) is 3.01. The lowest BCUT2D eigenvalue weighted by molar-refractivity contribution is 0.0949. The summed E-state index contributed by atoms with van der Waals surface area (Å²) >= 11 is 5.91. The number of para-hydroxylation sites is 1. The van der Waals surface area contributed by atoms with Gasteiger partial charge in [0.2, 0.25) is 0 Å². The summed E-state index contributed by atoms with van der Waals surface area (Å²) in [6, 6.07) is 14.3. The first-order chi connectivity index (χ1) is 15.1. The van der Waals surface area contributed by atoms with Crippen LogP contribution in [0.15, 0.2) is 65.8 Å². The monoisotopic (exact) mass is 437 g/mol. The van der Waals surface area contributed by atoms with Gasteiger partial charge in [-0.3, -0.25) is 14.2 Å². The maximum absolute atomic E-state index is 12.8. The second-order valence-corrected chi connectivity index (χ2v) is 7.30. The summed E-state index contributed by atoms with van der Waals surface area (Å²) in [5.41, 5.74) is 1.70. The number of nitrogens with one attached hydrogen (secondary N) is 1. The molecule has 0 spiro atoms. The van der Waals surface area contributed by atoms with Gasteiger partial charge in [0.25, 0.3) is 11.5 Å². The van der Waals surface area contributed by atoms with Crippen LogP contribution in [0.2, 0.25) is 5.02 Å². The third-order valence-electron chi connectivity index (χ3n) is 4.85. The van der Waals surface area contributed by atoms with Crippen LogP contribution in [0.25, 0.3) is 11.0 Å². The summed E-state index contributed by atoms with van der Waals surface area (Å²) in [5, 5.41) is 8.17. The summed E-state index contributed by atoms with van der Waals surface area (Å²) in [4.78, 5) is 29.6. The Labute approximate surface area is 183 Å². The lowest BCUT2D eigenvalue weighted by Gasteiger charge is -2.09. The van der Waals surface area contributed by atoms with Crippen molar-refractivity contribution in [3.63, 3.8) is 0 Å². The van der Waals surface area contributed by atoms with Crippen LogP contribution < -0.4 is 15.6 Å². The fraction of sp³-hybridized carbons (Fsp3) is 0.182. The normalized spacial score (nSPS) is 10.9. The molecule has 4 rings (SSSR count). The fourth-order valence-electron chi connectivity index (χ4n) is 3.26. The van der Waals surface area contributed by atoms with Gasteiger partial charge in [-0.05, 0) is 29.8 Å². The Balaban J connectivity index is 1.45. The van der Waals surface area contributed by atoms with Crippen molar-refractivity contribution >= 4 is 28.5 Å². The first-order valence-electron chi connectivity index (χ1n) is 9.63. The van der Waals surface area contributed by atoms with Crippen LogP contribution in [0.3, 0.4) is 0 Å². The number of methoxy groups -OCH3 is 1. The van der Waals surface area contributed by atoms with Gasteiger partial charge in [-0.25, -0.2) is 9.67 Å². The number of halogens is 1. The molecular weight excluding hydrogens is 418 g/mol. The van der Waals surface area contributed by atoms with E-state index in [-0.39, 0.29) is 11.5 Å². The van der Waals surface area contributed by atoms with Crippen LogP contribution in [0.4, 0.5) is 0 Å². The molecule has 0 aliphatic carbocycles. The molecule has 0 bridgehead atoms. The van der Waals surface area contributed by atoms with Gasteiger partial charge in [0.1, 0.15) is 17.5 Å². The lowest BCUT2D eigenvalue weighted by Crippen LogP contribution is -2.28. The van der Waals surface area contributed by atoms with Crippen LogP contribution >= 0.6 is 11.6 Å². The number of amides is 1. The number of hydrogen-bond donors (Lipinski definition) is 1. The highest BCUT2D eigenvalue weighted by atomic mass is 35.5. The minimum absolute atomic E-state index is 0.177. The minimum Gasteiger partial charge on any atom is -0.496 e. The fourth-order valence-corrected chi connectivity index (χ4v) is 3.39. The summed E-state index contributed by atoms with van der Waals surface area (Å²) < 4.78 is 8.35. The van der Waals surface area contributed by atoms with Gasteiger partial charge >= 0.3 is 0 Å². The van der Waals surface area contributed by atoms with Crippen LogP contribution in [0, 0.1) is 0 Å².